The van der Waals surface area contributed by atoms with E-state index in [0.717, 1.165) is 12.8 Å². The van der Waals surface area contributed by atoms with Crippen LogP contribution in [-0.2, 0) is 9.53 Å². The van der Waals surface area contributed by atoms with Crippen molar-refractivity contribution < 1.29 is 9.53 Å². The van der Waals surface area contributed by atoms with Crippen molar-refractivity contribution in [3.05, 3.63) is 11.6 Å². The van der Waals surface area contributed by atoms with Crippen molar-refractivity contribution in [3.63, 3.8) is 0 Å². The summed E-state index contributed by atoms with van der Waals surface area (Å²) in [4.78, 5) is 17.7. The molecule has 2 heterocycles. The monoisotopic (exact) mass is 281 g/mol. The van der Waals surface area contributed by atoms with Crippen LogP contribution in [0.15, 0.2) is 11.6 Å². The van der Waals surface area contributed by atoms with Crippen LogP contribution in [0.25, 0.3) is 0 Å². The lowest BCUT2D eigenvalue weighted by Gasteiger charge is -2.26. The fraction of sp³-hybridized carbons (Fsp3) is 0.692. The number of nitrogens with zero attached hydrogens (tertiary/aromatic N) is 3. The van der Waals surface area contributed by atoms with E-state index in [1.54, 1.807) is 11.9 Å². The van der Waals surface area contributed by atoms with Gasteiger partial charge in [0.15, 0.2) is 10.8 Å². The van der Waals surface area contributed by atoms with Gasteiger partial charge in [-0.15, -0.1) is 0 Å². The number of hydrogen-bond acceptors (Lipinski definition) is 4. The summed E-state index contributed by atoms with van der Waals surface area (Å²) < 4.78 is 6.06. The summed E-state index contributed by atoms with van der Waals surface area (Å²) in [6.07, 6.45) is 4.88. The molecule has 3 fully saturated rings. The summed E-state index contributed by atoms with van der Waals surface area (Å²) in [6, 6.07) is 0.400. The lowest BCUT2D eigenvalue weighted by molar-refractivity contribution is -0.122. The number of rotatable bonds is 0. The molecule has 1 saturated carbocycles. The summed E-state index contributed by atoms with van der Waals surface area (Å²) >= 11 is 5.24. The second-order valence-electron chi connectivity index (χ2n) is 5.48. The molecule has 0 aromatic heterocycles. The van der Waals surface area contributed by atoms with Crippen LogP contribution >= 0.6 is 12.2 Å². The Balaban J connectivity index is 1.99. The zero-order chi connectivity index (χ0) is 13.7. The van der Waals surface area contributed by atoms with Crippen molar-refractivity contribution in [3.8, 4) is 0 Å². The molecule has 0 aromatic rings. The van der Waals surface area contributed by atoms with Gasteiger partial charge in [-0.25, -0.2) is 0 Å². The van der Waals surface area contributed by atoms with Gasteiger partial charge in [0.25, 0.3) is 5.91 Å². The molecule has 0 spiro atoms. The fourth-order valence-electron chi connectivity index (χ4n) is 3.20. The Bertz CT molecular complexity index is 477. The van der Waals surface area contributed by atoms with Gasteiger partial charge in [-0.2, -0.15) is 0 Å². The highest BCUT2D eigenvalue weighted by molar-refractivity contribution is 7.80. The number of carbonyl (C=O) groups excluding carboxylic acids is 1. The normalized spacial score (nSPS) is 35.0. The minimum Gasteiger partial charge on any atom is -0.472 e. The molecule has 2 unspecified atom stereocenters. The zero-order valence-electron chi connectivity index (χ0n) is 11.5. The molecule has 2 aliphatic heterocycles. The van der Waals surface area contributed by atoms with Gasteiger partial charge < -0.3 is 14.5 Å². The van der Waals surface area contributed by atoms with Crippen LogP contribution in [0.5, 0.6) is 0 Å². The minimum atomic E-state index is -0.0759. The predicted molar refractivity (Wildman–Crippen MR) is 75.0 cm³/mol. The number of amides is 1. The molecular formula is C13H19N3O2S. The molecule has 19 heavy (non-hydrogen) atoms. The van der Waals surface area contributed by atoms with Crippen LogP contribution < -0.4 is 0 Å². The molecule has 0 aromatic carbocycles. The molecule has 2 atom stereocenters. The third kappa shape index (κ3) is 1.73. The van der Waals surface area contributed by atoms with Gasteiger partial charge in [0.05, 0.1) is 6.04 Å². The Labute approximate surface area is 118 Å². The van der Waals surface area contributed by atoms with E-state index in [4.69, 9.17) is 17.0 Å². The maximum absolute atomic E-state index is 12.3. The molecule has 0 bridgehead atoms. The van der Waals surface area contributed by atoms with Crippen molar-refractivity contribution in [2.24, 2.45) is 0 Å². The number of thiocarbonyl (C=S) groups is 1. The van der Waals surface area contributed by atoms with Gasteiger partial charge in [0, 0.05) is 21.1 Å². The molecule has 3 aliphatic rings. The van der Waals surface area contributed by atoms with Crippen molar-refractivity contribution in [2.75, 3.05) is 21.1 Å². The molecule has 1 aliphatic carbocycles. The lowest BCUT2D eigenvalue weighted by Crippen LogP contribution is -2.35. The van der Waals surface area contributed by atoms with E-state index in [1.165, 1.54) is 17.7 Å². The molecular weight excluding hydrogens is 262 g/mol. The van der Waals surface area contributed by atoms with Crippen molar-refractivity contribution in [2.45, 2.75) is 37.8 Å². The molecule has 6 heteroatoms. The molecule has 0 N–H and O–H groups in total. The maximum Gasteiger partial charge on any atom is 0.282 e. The first-order valence-electron chi connectivity index (χ1n) is 6.72. The zero-order valence-corrected chi connectivity index (χ0v) is 12.4. The van der Waals surface area contributed by atoms with Gasteiger partial charge in [-0.1, -0.05) is 6.42 Å². The van der Waals surface area contributed by atoms with Crippen LogP contribution in [0.2, 0.25) is 0 Å². The Hall–Kier alpha value is -1.30. The molecule has 3 rings (SSSR count). The van der Waals surface area contributed by atoms with Crippen molar-refractivity contribution in [1.82, 2.24) is 14.7 Å². The quantitative estimate of drug-likeness (QED) is 0.491. The molecule has 1 amide bonds. The van der Waals surface area contributed by atoms with Crippen molar-refractivity contribution in [1.29, 1.82) is 0 Å². The van der Waals surface area contributed by atoms with E-state index < -0.39 is 0 Å². The topological polar surface area (TPSA) is 36.0 Å². The van der Waals surface area contributed by atoms with E-state index in [-0.39, 0.29) is 12.0 Å². The average molecular weight is 281 g/mol. The largest absolute Gasteiger partial charge is 0.472 e. The second kappa shape index (κ2) is 4.37. The summed E-state index contributed by atoms with van der Waals surface area (Å²) in [5.41, 5.74) is 0.574. The minimum absolute atomic E-state index is 0.0759. The maximum atomic E-state index is 12.3. The Morgan fingerprint density at radius 2 is 1.84 bits per heavy atom. The first kappa shape index (κ1) is 12.7. The SMILES string of the molecule is CN1C(=O)/C(=C2/OC3CCCCC3N2C)N(C)C1=S. The van der Waals surface area contributed by atoms with Gasteiger partial charge >= 0.3 is 0 Å². The predicted octanol–water partition coefficient (Wildman–Crippen LogP) is 1.12. The lowest BCUT2D eigenvalue weighted by atomic mass is 9.93. The van der Waals surface area contributed by atoms with Crippen LogP contribution in [0.1, 0.15) is 25.7 Å². The van der Waals surface area contributed by atoms with Crippen LogP contribution in [0.3, 0.4) is 0 Å². The van der Waals surface area contributed by atoms with Gasteiger partial charge in [0.2, 0.25) is 5.88 Å². The van der Waals surface area contributed by atoms with Gasteiger partial charge in [0.1, 0.15) is 6.10 Å². The average Bonchev–Trinajstić information content (AvgIpc) is 2.83. The first-order valence-corrected chi connectivity index (χ1v) is 7.12. The summed E-state index contributed by atoms with van der Waals surface area (Å²) in [5, 5.41) is 0.527. The van der Waals surface area contributed by atoms with E-state index in [9.17, 15) is 4.79 Å². The standard InChI is InChI=1S/C13H19N3O2S/c1-14-8-6-4-5-7-9(8)18-12(14)10-11(17)16(3)13(19)15(10)2/h8-9H,4-7H2,1-3H3/b12-10-. The third-order valence-electron chi connectivity index (χ3n) is 4.37. The molecule has 5 nitrogen and oxygen atoms in total. The highest BCUT2D eigenvalue weighted by Crippen LogP contribution is 2.37. The number of ether oxygens (including phenoxy) is 1. The highest BCUT2D eigenvalue weighted by atomic mass is 32.1. The second-order valence-corrected chi connectivity index (χ2v) is 5.84. The summed E-state index contributed by atoms with van der Waals surface area (Å²) in [6.45, 7) is 0. The fourth-order valence-corrected chi connectivity index (χ4v) is 3.38. The Morgan fingerprint density at radius 3 is 2.42 bits per heavy atom. The van der Waals surface area contributed by atoms with Gasteiger partial charge in [-0.3, -0.25) is 9.69 Å². The number of fused-ring (bicyclic) bond motifs is 1. The molecule has 0 radical (unpaired) electrons. The Morgan fingerprint density at radius 1 is 1.16 bits per heavy atom. The smallest absolute Gasteiger partial charge is 0.282 e. The molecule has 104 valence electrons. The third-order valence-corrected chi connectivity index (χ3v) is 4.92. The van der Waals surface area contributed by atoms with E-state index >= 15 is 0 Å². The van der Waals surface area contributed by atoms with Crippen LogP contribution in [0, 0.1) is 0 Å². The van der Waals surface area contributed by atoms with Crippen molar-refractivity contribution >= 4 is 23.2 Å². The van der Waals surface area contributed by atoms with Crippen LogP contribution in [0.4, 0.5) is 0 Å². The Kier molecular flexibility index (Phi) is 2.92. The number of likely N-dealkylation sites (N-methyl/N-ethyl adjacent to an activating group) is 3. The number of carbonyl (C=O) groups is 1. The molecule has 2 saturated heterocycles. The first-order chi connectivity index (χ1) is 9.02. The van der Waals surface area contributed by atoms with E-state index in [2.05, 4.69) is 4.90 Å². The highest BCUT2D eigenvalue weighted by Gasteiger charge is 2.45. The van der Waals surface area contributed by atoms with Gasteiger partial charge in [-0.05, 0) is 31.5 Å². The van der Waals surface area contributed by atoms with E-state index in [0.29, 0.717) is 22.7 Å². The van der Waals surface area contributed by atoms with Crippen LogP contribution in [-0.4, -0.2) is 59.0 Å². The number of hydrogen-bond donors (Lipinski definition) is 0. The summed E-state index contributed by atoms with van der Waals surface area (Å²) in [7, 11) is 5.54. The van der Waals surface area contributed by atoms with E-state index in [1.807, 2.05) is 14.1 Å². The summed E-state index contributed by atoms with van der Waals surface area (Å²) in [5.74, 6) is 0.615.